The molecule has 0 aliphatic carbocycles. The van der Waals surface area contributed by atoms with E-state index in [1.54, 1.807) is 18.2 Å². The fraction of sp³-hybridized carbons (Fsp3) is 0.280. The number of benzene rings is 2. The number of aromatic nitrogens is 2. The first kappa shape index (κ1) is 24.7. The minimum Gasteiger partial charge on any atom is -0.490 e. The molecule has 0 unspecified atom stereocenters. The van der Waals surface area contributed by atoms with E-state index in [1.165, 1.54) is 17.4 Å². The van der Waals surface area contributed by atoms with Gasteiger partial charge in [-0.2, -0.15) is 5.26 Å². The van der Waals surface area contributed by atoms with E-state index in [4.69, 9.17) is 14.2 Å². The van der Waals surface area contributed by atoms with E-state index in [2.05, 4.69) is 15.5 Å². The first-order chi connectivity index (χ1) is 16.5. The molecule has 34 heavy (non-hydrogen) atoms. The molecular weight excluding hydrogens is 452 g/mol. The number of hydrogen-bond acceptors (Lipinski definition) is 8. The second-order valence-electron chi connectivity index (χ2n) is 7.08. The van der Waals surface area contributed by atoms with Gasteiger partial charge in [0.05, 0.1) is 6.61 Å². The second kappa shape index (κ2) is 12.4. The molecule has 0 bridgehead atoms. The van der Waals surface area contributed by atoms with Gasteiger partial charge in [-0.05, 0) is 55.7 Å². The van der Waals surface area contributed by atoms with Gasteiger partial charge in [-0.25, -0.2) is 0 Å². The highest BCUT2D eigenvalue weighted by Gasteiger charge is 2.14. The Morgan fingerprint density at radius 3 is 2.50 bits per heavy atom. The van der Waals surface area contributed by atoms with Crippen LogP contribution in [0.1, 0.15) is 30.0 Å². The molecule has 0 fully saturated rings. The SMILES string of the molecule is CCOc1cc(C=C(C#N)C(=O)Nc2nnc(CC)s2)ccc1OCCOc1ccccc1C. The van der Waals surface area contributed by atoms with Gasteiger partial charge in [-0.15, -0.1) is 10.2 Å². The number of rotatable bonds is 11. The molecule has 1 N–H and O–H groups in total. The predicted octanol–water partition coefficient (Wildman–Crippen LogP) is 4.81. The summed E-state index contributed by atoms with van der Waals surface area (Å²) in [5.74, 6) is 1.34. The van der Waals surface area contributed by atoms with Gasteiger partial charge in [0.25, 0.3) is 5.91 Å². The second-order valence-corrected chi connectivity index (χ2v) is 8.14. The highest BCUT2D eigenvalue weighted by Crippen LogP contribution is 2.29. The van der Waals surface area contributed by atoms with Gasteiger partial charge >= 0.3 is 0 Å². The average Bonchev–Trinajstić information content (AvgIpc) is 3.30. The van der Waals surface area contributed by atoms with Crippen molar-refractivity contribution in [1.82, 2.24) is 10.2 Å². The summed E-state index contributed by atoms with van der Waals surface area (Å²) in [5, 5.41) is 21.1. The lowest BCUT2D eigenvalue weighted by atomic mass is 10.1. The summed E-state index contributed by atoms with van der Waals surface area (Å²) in [6, 6.07) is 15.0. The molecule has 0 aliphatic heterocycles. The van der Waals surface area contributed by atoms with E-state index >= 15 is 0 Å². The first-order valence-corrected chi connectivity index (χ1v) is 11.7. The molecule has 0 saturated carbocycles. The normalized spacial score (nSPS) is 10.9. The zero-order chi connectivity index (χ0) is 24.3. The molecule has 2 aromatic carbocycles. The van der Waals surface area contributed by atoms with Crippen LogP contribution < -0.4 is 19.5 Å². The van der Waals surface area contributed by atoms with Gasteiger partial charge in [-0.3, -0.25) is 10.1 Å². The number of nitrogens with one attached hydrogen (secondary N) is 1. The maximum atomic E-state index is 12.5. The Hall–Kier alpha value is -3.90. The summed E-state index contributed by atoms with van der Waals surface area (Å²) in [7, 11) is 0. The maximum absolute atomic E-state index is 12.5. The smallest absolute Gasteiger partial charge is 0.268 e. The van der Waals surface area contributed by atoms with E-state index in [9.17, 15) is 10.1 Å². The number of amides is 1. The van der Waals surface area contributed by atoms with Crippen LogP contribution in [0.5, 0.6) is 17.2 Å². The number of nitrogens with zero attached hydrogens (tertiary/aromatic N) is 3. The monoisotopic (exact) mass is 478 g/mol. The summed E-state index contributed by atoms with van der Waals surface area (Å²) in [4.78, 5) is 12.5. The number of nitriles is 1. The van der Waals surface area contributed by atoms with Gasteiger partial charge in [-0.1, -0.05) is 42.5 Å². The summed E-state index contributed by atoms with van der Waals surface area (Å²) >= 11 is 1.28. The highest BCUT2D eigenvalue weighted by molar-refractivity contribution is 7.15. The molecular formula is C25H26N4O4S. The number of hydrogen-bond donors (Lipinski definition) is 1. The van der Waals surface area contributed by atoms with Crippen LogP contribution >= 0.6 is 11.3 Å². The minimum absolute atomic E-state index is 0.0593. The van der Waals surface area contributed by atoms with Crippen molar-refractivity contribution in [3.8, 4) is 23.3 Å². The minimum atomic E-state index is -0.548. The van der Waals surface area contributed by atoms with Gasteiger partial charge in [0.15, 0.2) is 11.5 Å². The van der Waals surface area contributed by atoms with Crippen LogP contribution in [0.2, 0.25) is 0 Å². The van der Waals surface area contributed by atoms with Gasteiger partial charge in [0.2, 0.25) is 5.13 Å². The Morgan fingerprint density at radius 2 is 1.82 bits per heavy atom. The molecule has 1 heterocycles. The van der Waals surface area contributed by atoms with Crippen molar-refractivity contribution in [2.24, 2.45) is 0 Å². The molecule has 9 heteroatoms. The lowest BCUT2D eigenvalue weighted by Gasteiger charge is -2.14. The number of aryl methyl sites for hydroxylation is 2. The van der Waals surface area contributed by atoms with Crippen LogP contribution in [0.25, 0.3) is 6.08 Å². The number of anilines is 1. The van der Waals surface area contributed by atoms with E-state index in [0.29, 0.717) is 42.0 Å². The molecule has 0 atom stereocenters. The fourth-order valence-electron chi connectivity index (χ4n) is 2.95. The largest absolute Gasteiger partial charge is 0.490 e. The van der Waals surface area contributed by atoms with Crippen molar-refractivity contribution in [3.05, 3.63) is 64.2 Å². The lowest BCUT2D eigenvalue weighted by molar-refractivity contribution is -0.112. The predicted molar refractivity (Wildman–Crippen MR) is 131 cm³/mol. The van der Waals surface area contributed by atoms with Crippen LogP contribution in [-0.4, -0.2) is 35.9 Å². The van der Waals surface area contributed by atoms with Crippen LogP contribution in [0.3, 0.4) is 0 Å². The van der Waals surface area contributed by atoms with Crippen molar-refractivity contribution in [2.45, 2.75) is 27.2 Å². The third-order valence-corrected chi connectivity index (χ3v) is 5.61. The summed E-state index contributed by atoms with van der Waals surface area (Å²) in [6.45, 7) is 6.95. The maximum Gasteiger partial charge on any atom is 0.268 e. The zero-order valence-corrected chi connectivity index (χ0v) is 20.1. The molecule has 0 spiro atoms. The van der Waals surface area contributed by atoms with Gasteiger partial charge < -0.3 is 14.2 Å². The van der Waals surface area contributed by atoms with Crippen LogP contribution in [0.4, 0.5) is 5.13 Å². The molecule has 1 amide bonds. The standard InChI is InChI=1S/C25H26N4O4S/c1-4-23-28-29-25(34-23)27-24(30)19(16-26)14-18-10-11-21(22(15-18)31-5-2)33-13-12-32-20-9-7-6-8-17(20)3/h6-11,14-15H,4-5,12-13H2,1-3H3,(H,27,29,30). The average molecular weight is 479 g/mol. The van der Waals surface area contributed by atoms with Crippen LogP contribution in [-0.2, 0) is 11.2 Å². The Labute approximate surface area is 202 Å². The Morgan fingerprint density at radius 1 is 1.06 bits per heavy atom. The van der Waals surface area contributed by atoms with Crippen molar-refractivity contribution in [3.63, 3.8) is 0 Å². The summed E-state index contributed by atoms with van der Waals surface area (Å²) < 4.78 is 17.3. The Bertz CT molecular complexity index is 1200. The van der Waals surface area contributed by atoms with E-state index < -0.39 is 5.91 Å². The topological polar surface area (TPSA) is 106 Å². The Balaban J connectivity index is 1.66. The van der Waals surface area contributed by atoms with Crippen LogP contribution in [0.15, 0.2) is 48.0 Å². The Kier molecular flexibility index (Phi) is 9.00. The van der Waals surface area contributed by atoms with Crippen LogP contribution in [0, 0.1) is 18.3 Å². The number of para-hydroxylation sites is 1. The van der Waals surface area contributed by atoms with Gasteiger partial charge in [0, 0.05) is 0 Å². The molecule has 8 nitrogen and oxygen atoms in total. The van der Waals surface area contributed by atoms with E-state index in [-0.39, 0.29) is 5.57 Å². The summed E-state index contributed by atoms with van der Waals surface area (Å²) in [6.07, 6.45) is 2.21. The third-order valence-electron chi connectivity index (χ3n) is 4.63. The third kappa shape index (κ3) is 6.80. The van der Waals surface area contributed by atoms with Crippen molar-refractivity contribution >= 4 is 28.5 Å². The molecule has 3 aromatic rings. The number of carbonyl (C=O) groups is 1. The molecule has 3 rings (SSSR count). The quantitative estimate of drug-likeness (QED) is 0.239. The molecule has 176 valence electrons. The highest BCUT2D eigenvalue weighted by atomic mass is 32.1. The zero-order valence-electron chi connectivity index (χ0n) is 19.3. The fourth-order valence-corrected chi connectivity index (χ4v) is 3.62. The van der Waals surface area contributed by atoms with E-state index in [1.807, 2.05) is 51.1 Å². The number of carbonyl (C=O) groups excluding carboxylic acids is 1. The molecule has 1 aromatic heterocycles. The molecule has 0 radical (unpaired) electrons. The summed E-state index contributed by atoms with van der Waals surface area (Å²) in [5.41, 5.74) is 1.63. The molecule has 0 aliphatic rings. The van der Waals surface area contributed by atoms with E-state index in [0.717, 1.165) is 22.7 Å². The van der Waals surface area contributed by atoms with Crippen molar-refractivity contribution in [1.29, 1.82) is 5.26 Å². The van der Waals surface area contributed by atoms with Gasteiger partial charge in [0.1, 0.15) is 35.6 Å². The lowest BCUT2D eigenvalue weighted by Crippen LogP contribution is -2.13. The first-order valence-electron chi connectivity index (χ1n) is 10.9. The van der Waals surface area contributed by atoms with Crippen molar-refractivity contribution < 1.29 is 19.0 Å². The number of ether oxygens (including phenoxy) is 3. The van der Waals surface area contributed by atoms with Crippen molar-refractivity contribution in [2.75, 3.05) is 25.1 Å². The molecule has 0 saturated heterocycles.